The zero-order valence-electron chi connectivity index (χ0n) is 11.7. The van der Waals surface area contributed by atoms with Gasteiger partial charge in [-0.3, -0.25) is 4.79 Å². The number of carbonyl (C=O) groups is 1. The Bertz CT molecular complexity index is 594. The zero-order valence-corrected chi connectivity index (χ0v) is 13.3. The molecular formula is C16H18BrN3O. The number of hydrogen-bond donors (Lipinski definition) is 1. The van der Waals surface area contributed by atoms with Crippen LogP contribution in [0.2, 0.25) is 0 Å². The molecule has 21 heavy (non-hydrogen) atoms. The Labute approximate surface area is 132 Å². The van der Waals surface area contributed by atoms with Crippen molar-refractivity contribution in [3.8, 4) is 0 Å². The Balaban J connectivity index is 1.68. The summed E-state index contributed by atoms with van der Waals surface area (Å²) in [5.41, 5.74) is 1.89. The van der Waals surface area contributed by atoms with Crippen LogP contribution in [0.15, 0.2) is 43.0 Å². The van der Waals surface area contributed by atoms with Crippen LogP contribution in [0.4, 0.5) is 0 Å². The maximum absolute atomic E-state index is 12.4. The van der Waals surface area contributed by atoms with E-state index in [2.05, 4.69) is 30.8 Å². The summed E-state index contributed by atoms with van der Waals surface area (Å²) in [4.78, 5) is 16.5. The van der Waals surface area contributed by atoms with Gasteiger partial charge >= 0.3 is 0 Å². The molecule has 0 aliphatic heterocycles. The minimum Gasteiger partial charge on any atom is -0.347 e. The van der Waals surface area contributed by atoms with Crippen LogP contribution in [0.1, 0.15) is 41.2 Å². The van der Waals surface area contributed by atoms with E-state index in [0.717, 1.165) is 30.2 Å². The largest absolute Gasteiger partial charge is 0.347 e. The van der Waals surface area contributed by atoms with Gasteiger partial charge < -0.3 is 9.88 Å². The Hall–Kier alpha value is -1.62. The van der Waals surface area contributed by atoms with E-state index in [9.17, 15) is 4.79 Å². The number of nitrogens with zero attached hydrogens (tertiary/aromatic N) is 2. The first kappa shape index (κ1) is 14.3. The van der Waals surface area contributed by atoms with Gasteiger partial charge in [-0.2, -0.15) is 0 Å². The minimum atomic E-state index is 0.00753. The van der Waals surface area contributed by atoms with Crippen molar-refractivity contribution in [2.75, 3.05) is 0 Å². The predicted molar refractivity (Wildman–Crippen MR) is 85.4 cm³/mol. The molecule has 1 N–H and O–H groups in total. The average Bonchev–Trinajstić information content (AvgIpc) is 3.18. The lowest BCUT2D eigenvalue weighted by Crippen LogP contribution is -2.38. The topological polar surface area (TPSA) is 46.9 Å². The number of hydrogen-bond acceptors (Lipinski definition) is 2. The number of benzene rings is 1. The van der Waals surface area contributed by atoms with Crippen LogP contribution in [0.3, 0.4) is 0 Å². The molecule has 0 bridgehead atoms. The molecule has 5 heteroatoms. The van der Waals surface area contributed by atoms with E-state index in [4.69, 9.17) is 0 Å². The van der Waals surface area contributed by atoms with Gasteiger partial charge in [0.05, 0.1) is 12.4 Å². The second-order valence-electron chi connectivity index (χ2n) is 5.42. The molecule has 0 saturated heterocycles. The Morgan fingerprint density at radius 1 is 1.33 bits per heavy atom. The number of nitrogens with one attached hydrogen (secondary N) is 1. The average molecular weight is 348 g/mol. The Kier molecular flexibility index (Phi) is 4.39. The first-order valence-electron chi connectivity index (χ1n) is 7.21. The van der Waals surface area contributed by atoms with Crippen LogP contribution >= 0.6 is 15.9 Å². The summed E-state index contributed by atoms with van der Waals surface area (Å²) < 4.78 is 2.10. The lowest BCUT2D eigenvalue weighted by molar-refractivity contribution is 0.0929. The van der Waals surface area contributed by atoms with Gasteiger partial charge in [-0.25, -0.2) is 4.98 Å². The van der Waals surface area contributed by atoms with E-state index in [1.54, 1.807) is 6.20 Å². The molecule has 2 aromatic rings. The third kappa shape index (κ3) is 3.18. The zero-order chi connectivity index (χ0) is 14.7. The number of aromatic nitrogens is 2. The fourth-order valence-electron chi connectivity index (χ4n) is 2.93. The van der Waals surface area contributed by atoms with Crippen LogP contribution in [0.5, 0.6) is 0 Å². The van der Waals surface area contributed by atoms with Gasteiger partial charge in [-0.15, -0.1) is 0 Å². The summed E-state index contributed by atoms with van der Waals surface area (Å²) >= 11 is 3.41. The molecule has 2 unspecified atom stereocenters. The van der Waals surface area contributed by atoms with Crippen LogP contribution < -0.4 is 5.32 Å². The Morgan fingerprint density at radius 3 is 2.81 bits per heavy atom. The van der Waals surface area contributed by atoms with Crippen molar-refractivity contribution in [1.82, 2.24) is 14.9 Å². The summed E-state index contributed by atoms with van der Waals surface area (Å²) in [6.07, 6.45) is 8.84. The molecule has 3 rings (SSSR count). The SMILES string of the molecule is O=C(NC1CCCC1n1ccnc1)c1ccc(CBr)cc1. The van der Waals surface area contributed by atoms with E-state index >= 15 is 0 Å². The molecule has 1 amide bonds. The number of imidazole rings is 1. The molecule has 1 fully saturated rings. The molecule has 1 aliphatic carbocycles. The van der Waals surface area contributed by atoms with E-state index in [1.165, 1.54) is 5.56 Å². The summed E-state index contributed by atoms with van der Waals surface area (Å²) in [5, 5.41) is 3.98. The van der Waals surface area contributed by atoms with Crippen molar-refractivity contribution in [1.29, 1.82) is 0 Å². The van der Waals surface area contributed by atoms with Gasteiger partial charge in [0, 0.05) is 29.3 Å². The number of rotatable bonds is 4. The molecule has 110 valence electrons. The van der Waals surface area contributed by atoms with Crippen molar-refractivity contribution in [3.63, 3.8) is 0 Å². The van der Waals surface area contributed by atoms with Gasteiger partial charge in [0.1, 0.15) is 0 Å². The molecule has 4 nitrogen and oxygen atoms in total. The first-order valence-corrected chi connectivity index (χ1v) is 8.33. The quantitative estimate of drug-likeness (QED) is 0.862. The normalized spacial score (nSPS) is 21.4. The van der Waals surface area contributed by atoms with Crippen LogP contribution in [0, 0.1) is 0 Å². The van der Waals surface area contributed by atoms with Gasteiger partial charge in [0.15, 0.2) is 0 Å². The molecule has 2 atom stereocenters. The van der Waals surface area contributed by atoms with E-state index in [1.807, 2.05) is 36.8 Å². The lowest BCUT2D eigenvalue weighted by Gasteiger charge is -2.22. The highest BCUT2D eigenvalue weighted by atomic mass is 79.9. The molecule has 1 aromatic carbocycles. The monoisotopic (exact) mass is 347 g/mol. The number of amides is 1. The van der Waals surface area contributed by atoms with Gasteiger partial charge in [0.2, 0.25) is 0 Å². The van der Waals surface area contributed by atoms with E-state index < -0.39 is 0 Å². The summed E-state index contributed by atoms with van der Waals surface area (Å²) in [5.74, 6) is 0.00753. The third-order valence-electron chi connectivity index (χ3n) is 4.07. The van der Waals surface area contributed by atoms with Crippen LogP contribution in [-0.2, 0) is 5.33 Å². The van der Waals surface area contributed by atoms with Crippen LogP contribution in [0.25, 0.3) is 0 Å². The minimum absolute atomic E-state index is 0.00753. The van der Waals surface area contributed by atoms with Crippen molar-refractivity contribution < 1.29 is 4.79 Å². The molecule has 1 saturated carbocycles. The maximum atomic E-state index is 12.4. The Morgan fingerprint density at radius 2 is 2.14 bits per heavy atom. The van der Waals surface area contributed by atoms with Crippen molar-refractivity contribution in [2.45, 2.75) is 36.7 Å². The predicted octanol–water partition coefficient (Wildman–Crippen LogP) is 3.30. The number of halogens is 1. The standard InChI is InChI=1S/C16H18BrN3O/c17-10-12-4-6-13(7-5-12)16(21)19-14-2-1-3-15(14)20-9-8-18-11-20/h4-9,11,14-15H,1-3,10H2,(H,19,21). The fraction of sp³-hybridized carbons (Fsp3) is 0.375. The first-order chi connectivity index (χ1) is 10.3. The van der Waals surface area contributed by atoms with Crippen molar-refractivity contribution >= 4 is 21.8 Å². The summed E-state index contributed by atoms with van der Waals surface area (Å²) in [7, 11) is 0. The smallest absolute Gasteiger partial charge is 0.251 e. The summed E-state index contributed by atoms with van der Waals surface area (Å²) in [6.45, 7) is 0. The highest BCUT2D eigenvalue weighted by Crippen LogP contribution is 2.30. The molecule has 1 aliphatic rings. The number of alkyl halides is 1. The molecule has 0 radical (unpaired) electrons. The lowest BCUT2D eigenvalue weighted by atomic mass is 10.1. The molecular weight excluding hydrogens is 330 g/mol. The third-order valence-corrected chi connectivity index (χ3v) is 4.72. The van der Waals surface area contributed by atoms with Gasteiger partial charge in [-0.05, 0) is 37.0 Å². The summed E-state index contributed by atoms with van der Waals surface area (Å²) in [6, 6.07) is 8.22. The second-order valence-corrected chi connectivity index (χ2v) is 5.98. The highest BCUT2D eigenvalue weighted by Gasteiger charge is 2.29. The van der Waals surface area contributed by atoms with Gasteiger partial charge in [-0.1, -0.05) is 28.1 Å². The second kappa shape index (κ2) is 6.43. The molecule has 1 heterocycles. The van der Waals surface area contributed by atoms with Crippen molar-refractivity contribution in [2.24, 2.45) is 0 Å². The van der Waals surface area contributed by atoms with E-state index in [-0.39, 0.29) is 11.9 Å². The van der Waals surface area contributed by atoms with Crippen molar-refractivity contribution in [3.05, 3.63) is 54.1 Å². The highest BCUT2D eigenvalue weighted by molar-refractivity contribution is 9.08. The van der Waals surface area contributed by atoms with Crippen LogP contribution in [-0.4, -0.2) is 21.5 Å². The maximum Gasteiger partial charge on any atom is 0.251 e. The number of carbonyl (C=O) groups excluding carboxylic acids is 1. The van der Waals surface area contributed by atoms with E-state index in [0.29, 0.717) is 6.04 Å². The van der Waals surface area contributed by atoms with Gasteiger partial charge in [0.25, 0.3) is 5.91 Å². The fourth-order valence-corrected chi connectivity index (χ4v) is 3.30. The molecule has 0 spiro atoms. The molecule has 1 aromatic heterocycles.